The smallest absolute Gasteiger partial charge is 0.418 e. The van der Waals surface area contributed by atoms with Gasteiger partial charge in [-0.05, 0) is 61.1 Å². The molecule has 0 bridgehead atoms. The number of carbonyl (C=O) groups excluding carboxylic acids is 2. The minimum Gasteiger partial charge on any atom is -0.504 e. The Labute approximate surface area is 200 Å². The van der Waals surface area contributed by atoms with E-state index in [-0.39, 0.29) is 23.0 Å². The lowest BCUT2D eigenvalue weighted by atomic mass is 9.87. The molecule has 0 atom stereocenters. The Morgan fingerprint density at radius 3 is 1.26 bits per heavy atom. The first-order valence-electron chi connectivity index (χ1n) is 11.4. The van der Waals surface area contributed by atoms with Gasteiger partial charge in [0.25, 0.3) is 0 Å². The van der Waals surface area contributed by atoms with Crippen LogP contribution < -0.4 is 9.47 Å². The summed E-state index contributed by atoms with van der Waals surface area (Å²) in [6.45, 7) is 7.36. The highest BCUT2D eigenvalue weighted by atomic mass is 16.6. The van der Waals surface area contributed by atoms with Crippen molar-refractivity contribution in [2.45, 2.75) is 64.6 Å². The number of phenolic OH excluding ortho intramolecular Hbond substituents is 2. The Balaban J connectivity index is 2.35. The molecule has 8 nitrogen and oxygen atoms in total. The monoisotopic (exact) mass is 474 g/mol. The van der Waals surface area contributed by atoms with E-state index in [1.807, 2.05) is 27.7 Å². The van der Waals surface area contributed by atoms with Crippen LogP contribution in [0, 0.1) is 0 Å². The van der Waals surface area contributed by atoms with Crippen LogP contribution >= 0.6 is 0 Å². The molecule has 0 spiro atoms. The van der Waals surface area contributed by atoms with Crippen molar-refractivity contribution in [1.82, 2.24) is 0 Å². The Kier molecular flexibility index (Phi) is 8.79. The van der Waals surface area contributed by atoms with Gasteiger partial charge in [0.05, 0.1) is 14.2 Å². The van der Waals surface area contributed by atoms with Crippen LogP contribution in [0.5, 0.6) is 23.0 Å². The second-order valence-corrected chi connectivity index (χ2v) is 7.96. The summed E-state index contributed by atoms with van der Waals surface area (Å²) in [5.74, 6) is -1.85. The van der Waals surface area contributed by atoms with E-state index in [1.54, 1.807) is 24.3 Å². The van der Waals surface area contributed by atoms with E-state index in [9.17, 15) is 19.8 Å². The summed E-state index contributed by atoms with van der Waals surface area (Å²) in [6, 6.07) is 9.36. The fourth-order valence-corrected chi connectivity index (χ4v) is 4.08. The van der Waals surface area contributed by atoms with Gasteiger partial charge in [0.15, 0.2) is 23.0 Å². The molecule has 0 aliphatic rings. The molecular weight excluding hydrogens is 440 g/mol. The molecule has 0 amide bonds. The minimum atomic E-state index is -1.12. The Bertz CT molecular complexity index is 924. The van der Waals surface area contributed by atoms with Crippen molar-refractivity contribution in [3.63, 3.8) is 0 Å². The SMILES string of the molecule is CCC(CC)(OC(=O)C(=O)OC(CC)(CC)c1ccc(O)c(OC)c1)c1ccc(O)c(OC)c1. The number of esters is 2. The molecule has 0 aliphatic carbocycles. The van der Waals surface area contributed by atoms with Crippen LogP contribution in [-0.4, -0.2) is 36.4 Å². The molecule has 2 N–H and O–H groups in total. The van der Waals surface area contributed by atoms with Gasteiger partial charge in [-0.3, -0.25) is 0 Å². The van der Waals surface area contributed by atoms with Crippen molar-refractivity contribution >= 4 is 11.9 Å². The third-order valence-corrected chi connectivity index (χ3v) is 6.44. The van der Waals surface area contributed by atoms with Gasteiger partial charge in [-0.1, -0.05) is 39.8 Å². The quantitative estimate of drug-likeness (QED) is 0.368. The lowest BCUT2D eigenvalue weighted by Crippen LogP contribution is -2.39. The van der Waals surface area contributed by atoms with Crippen molar-refractivity contribution in [1.29, 1.82) is 0 Å². The van der Waals surface area contributed by atoms with Gasteiger partial charge in [0, 0.05) is 0 Å². The maximum atomic E-state index is 12.9. The highest BCUT2D eigenvalue weighted by molar-refractivity contribution is 6.29. The van der Waals surface area contributed by atoms with Gasteiger partial charge in [0.2, 0.25) is 0 Å². The average Bonchev–Trinajstić information content (AvgIpc) is 2.86. The predicted molar refractivity (Wildman–Crippen MR) is 126 cm³/mol. The lowest BCUT2D eigenvalue weighted by Gasteiger charge is -2.34. The third-order valence-electron chi connectivity index (χ3n) is 6.44. The van der Waals surface area contributed by atoms with E-state index in [0.29, 0.717) is 36.8 Å². The number of carbonyl (C=O) groups is 2. The number of ether oxygens (including phenoxy) is 4. The van der Waals surface area contributed by atoms with Gasteiger partial charge in [-0.15, -0.1) is 0 Å². The molecule has 0 fully saturated rings. The van der Waals surface area contributed by atoms with Gasteiger partial charge >= 0.3 is 11.9 Å². The molecule has 186 valence electrons. The summed E-state index contributed by atoms with van der Waals surface area (Å²) in [4.78, 5) is 25.9. The van der Waals surface area contributed by atoms with Crippen molar-refractivity contribution in [2.24, 2.45) is 0 Å². The molecule has 0 aromatic heterocycles. The van der Waals surface area contributed by atoms with E-state index < -0.39 is 23.1 Å². The van der Waals surface area contributed by atoms with Crippen molar-refractivity contribution in [3.05, 3.63) is 47.5 Å². The molecule has 2 rings (SSSR count). The summed E-state index contributed by atoms with van der Waals surface area (Å²) < 4.78 is 21.9. The fourth-order valence-electron chi connectivity index (χ4n) is 4.08. The Morgan fingerprint density at radius 2 is 1.00 bits per heavy atom. The molecule has 2 aromatic rings. The molecule has 0 radical (unpaired) electrons. The predicted octanol–water partition coefficient (Wildman–Crippen LogP) is 4.93. The molecule has 34 heavy (non-hydrogen) atoms. The van der Waals surface area contributed by atoms with Gasteiger partial charge in [-0.25, -0.2) is 9.59 Å². The number of hydrogen-bond donors (Lipinski definition) is 2. The summed E-state index contributed by atoms with van der Waals surface area (Å²) in [7, 11) is 2.85. The molecule has 0 unspecified atom stereocenters. The third kappa shape index (κ3) is 5.21. The fraction of sp³-hybridized carbons (Fsp3) is 0.462. The van der Waals surface area contributed by atoms with E-state index in [2.05, 4.69) is 0 Å². The van der Waals surface area contributed by atoms with E-state index >= 15 is 0 Å². The number of benzene rings is 2. The number of rotatable bonds is 10. The number of phenols is 2. The topological polar surface area (TPSA) is 112 Å². The summed E-state index contributed by atoms with van der Waals surface area (Å²) >= 11 is 0. The summed E-state index contributed by atoms with van der Waals surface area (Å²) in [6.07, 6.45) is 1.55. The van der Waals surface area contributed by atoms with Gasteiger partial charge in [-0.2, -0.15) is 0 Å². The number of methoxy groups -OCH3 is 2. The summed E-state index contributed by atoms with van der Waals surface area (Å²) in [5, 5.41) is 19.9. The van der Waals surface area contributed by atoms with E-state index in [4.69, 9.17) is 18.9 Å². The zero-order valence-corrected chi connectivity index (χ0v) is 20.6. The van der Waals surface area contributed by atoms with Crippen LogP contribution in [0.4, 0.5) is 0 Å². The van der Waals surface area contributed by atoms with Crippen LogP contribution in [0.1, 0.15) is 64.5 Å². The molecule has 2 aromatic carbocycles. The van der Waals surface area contributed by atoms with Crippen LogP contribution in [0.25, 0.3) is 0 Å². The van der Waals surface area contributed by atoms with Gasteiger partial charge in [0.1, 0.15) is 11.2 Å². The standard InChI is InChI=1S/C26H34O8/c1-7-25(8-2,17-11-13-19(27)21(15-17)31-5)33-23(29)24(30)34-26(9-3,10-4)18-12-14-20(28)22(16-18)32-6/h11-16,27-28H,7-10H2,1-6H3. The van der Waals surface area contributed by atoms with Crippen LogP contribution in [-0.2, 0) is 30.3 Å². The zero-order valence-electron chi connectivity index (χ0n) is 20.6. The van der Waals surface area contributed by atoms with Crippen LogP contribution in [0.3, 0.4) is 0 Å². The Morgan fingerprint density at radius 1 is 0.676 bits per heavy atom. The normalized spacial score (nSPS) is 11.6. The first-order chi connectivity index (χ1) is 16.1. The Hall–Kier alpha value is -3.42. The number of aromatic hydroxyl groups is 2. The minimum absolute atomic E-state index is 0.0434. The molecule has 8 heteroatoms. The van der Waals surface area contributed by atoms with E-state index in [1.165, 1.54) is 26.4 Å². The van der Waals surface area contributed by atoms with Crippen molar-refractivity contribution < 1.29 is 38.7 Å². The highest BCUT2D eigenvalue weighted by Crippen LogP contribution is 2.40. The molecule has 0 heterocycles. The molecular formula is C26H34O8. The molecule has 0 saturated carbocycles. The largest absolute Gasteiger partial charge is 0.504 e. The zero-order chi connectivity index (χ0) is 25.5. The van der Waals surface area contributed by atoms with Crippen LogP contribution in [0.15, 0.2) is 36.4 Å². The average molecular weight is 475 g/mol. The second kappa shape index (κ2) is 11.1. The second-order valence-electron chi connectivity index (χ2n) is 7.96. The molecule has 0 saturated heterocycles. The molecule has 0 aliphatic heterocycles. The maximum absolute atomic E-state index is 12.9. The highest BCUT2D eigenvalue weighted by Gasteiger charge is 2.40. The first-order valence-corrected chi connectivity index (χ1v) is 11.4. The maximum Gasteiger partial charge on any atom is 0.418 e. The lowest BCUT2D eigenvalue weighted by molar-refractivity contribution is -0.189. The van der Waals surface area contributed by atoms with Crippen molar-refractivity contribution in [3.8, 4) is 23.0 Å². The first kappa shape index (κ1) is 26.8. The summed E-state index contributed by atoms with van der Waals surface area (Å²) in [5.41, 5.74) is -1.04. The van der Waals surface area contributed by atoms with Crippen molar-refractivity contribution in [2.75, 3.05) is 14.2 Å². The van der Waals surface area contributed by atoms with E-state index in [0.717, 1.165) is 0 Å². The van der Waals surface area contributed by atoms with Gasteiger partial charge < -0.3 is 29.2 Å². The number of hydrogen-bond acceptors (Lipinski definition) is 8. The van der Waals surface area contributed by atoms with Crippen LogP contribution in [0.2, 0.25) is 0 Å².